The molecule has 0 saturated carbocycles. The van der Waals surface area contributed by atoms with Gasteiger partial charge in [-0.3, -0.25) is 4.79 Å². The van der Waals surface area contributed by atoms with E-state index >= 15 is 0 Å². The smallest absolute Gasteiger partial charge is 0.317 e. The maximum atomic E-state index is 12.1. The molecular weight excluding hydrogens is 306 g/mol. The second kappa shape index (κ2) is 5.84. The average Bonchev–Trinajstić information content (AvgIpc) is 3.10. The van der Waals surface area contributed by atoms with Crippen LogP contribution in [0, 0.1) is 5.92 Å². The highest BCUT2D eigenvalue weighted by Gasteiger charge is 2.29. The number of nitrogens with zero attached hydrogens (tertiary/aromatic N) is 3. The Morgan fingerprint density at radius 1 is 1.41 bits per heavy atom. The zero-order chi connectivity index (χ0) is 15.7. The average molecular weight is 322 g/mol. The van der Waals surface area contributed by atoms with Gasteiger partial charge < -0.3 is 20.4 Å². The standard InChI is InChI=1S/C14H16ClN5O2/c15-10-1-2-12-18-11(8-20(12)7-10)5-17-14(22)19-4-3-9(6-19)13(16)21/h1-2,7-9H,3-6H2,(H2,16,21)(H,17,22). The third-order valence-corrected chi connectivity index (χ3v) is 3.99. The van der Waals surface area contributed by atoms with Crippen LogP contribution in [-0.4, -0.2) is 39.3 Å². The van der Waals surface area contributed by atoms with E-state index < -0.39 is 0 Å². The lowest BCUT2D eigenvalue weighted by atomic mass is 10.1. The van der Waals surface area contributed by atoms with E-state index in [1.54, 1.807) is 17.2 Å². The molecule has 1 fully saturated rings. The SMILES string of the molecule is NC(=O)C1CCN(C(=O)NCc2cn3cc(Cl)ccc3n2)C1. The lowest BCUT2D eigenvalue weighted by molar-refractivity contribution is -0.121. The summed E-state index contributed by atoms with van der Waals surface area (Å²) in [6.45, 7) is 1.23. The molecule has 3 rings (SSSR count). The third kappa shape index (κ3) is 2.99. The summed E-state index contributed by atoms with van der Waals surface area (Å²) in [4.78, 5) is 29.2. The number of aromatic nitrogens is 2. The molecule has 7 nitrogen and oxygen atoms in total. The molecule has 3 amide bonds. The first-order chi connectivity index (χ1) is 10.5. The van der Waals surface area contributed by atoms with E-state index in [0.29, 0.717) is 31.1 Å². The number of pyridine rings is 1. The van der Waals surface area contributed by atoms with Crippen molar-refractivity contribution in [2.24, 2.45) is 11.7 Å². The van der Waals surface area contributed by atoms with Gasteiger partial charge in [0, 0.05) is 25.5 Å². The Morgan fingerprint density at radius 2 is 2.23 bits per heavy atom. The van der Waals surface area contributed by atoms with E-state index in [1.807, 2.05) is 16.7 Å². The molecule has 0 aliphatic carbocycles. The molecule has 2 aromatic rings. The van der Waals surface area contributed by atoms with Crippen molar-refractivity contribution in [3.05, 3.63) is 35.2 Å². The van der Waals surface area contributed by atoms with Crippen LogP contribution < -0.4 is 11.1 Å². The summed E-state index contributed by atoms with van der Waals surface area (Å²) in [7, 11) is 0. The molecule has 116 valence electrons. The summed E-state index contributed by atoms with van der Waals surface area (Å²) < 4.78 is 1.81. The van der Waals surface area contributed by atoms with Crippen LogP contribution in [0.2, 0.25) is 5.02 Å². The van der Waals surface area contributed by atoms with Crippen molar-refractivity contribution in [2.45, 2.75) is 13.0 Å². The van der Waals surface area contributed by atoms with Crippen molar-refractivity contribution in [3.8, 4) is 0 Å². The highest BCUT2D eigenvalue weighted by molar-refractivity contribution is 6.30. The number of hydrogen-bond acceptors (Lipinski definition) is 3. The molecular formula is C14H16ClN5O2. The fourth-order valence-electron chi connectivity index (χ4n) is 2.56. The predicted octanol–water partition coefficient (Wildman–Crippen LogP) is 1.00. The zero-order valence-corrected chi connectivity index (χ0v) is 12.6. The molecule has 1 aliphatic rings. The van der Waals surface area contributed by atoms with Crippen molar-refractivity contribution in [1.29, 1.82) is 0 Å². The second-order valence-electron chi connectivity index (χ2n) is 5.34. The van der Waals surface area contributed by atoms with Gasteiger partial charge in [-0.25, -0.2) is 9.78 Å². The number of rotatable bonds is 3. The number of halogens is 1. The molecule has 22 heavy (non-hydrogen) atoms. The Kier molecular flexibility index (Phi) is 3.89. The Morgan fingerprint density at radius 3 is 2.95 bits per heavy atom. The maximum absolute atomic E-state index is 12.1. The first kappa shape index (κ1) is 14.6. The molecule has 0 radical (unpaired) electrons. The molecule has 0 spiro atoms. The number of urea groups is 1. The van der Waals surface area contributed by atoms with Gasteiger partial charge in [-0.05, 0) is 18.6 Å². The van der Waals surface area contributed by atoms with Crippen molar-refractivity contribution >= 4 is 29.2 Å². The van der Waals surface area contributed by atoms with Gasteiger partial charge in [0.25, 0.3) is 0 Å². The largest absolute Gasteiger partial charge is 0.369 e. The number of carbonyl (C=O) groups is 2. The Labute approximate surface area is 132 Å². The van der Waals surface area contributed by atoms with Gasteiger partial charge in [0.1, 0.15) is 5.65 Å². The van der Waals surface area contributed by atoms with Crippen LogP contribution in [-0.2, 0) is 11.3 Å². The highest BCUT2D eigenvalue weighted by atomic mass is 35.5. The lowest BCUT2D eigenvalue weighted by Gasteiger charge is -2.16. The number of fused-ring (bicyclic) bond motifs is 1. The summed E-state index contributed by atoms with van der Waals surface area (Å²) in [6.07, 6.45) is 4.19. The van der Waals surface area contributed by atoms with E-state index in [-0.39, 0.29) is 17.9 Å². The van der Waals surface area contributed by atoms with Crippen LogP contribution >= 0.6 is 11.6 Å². The van der Waals surface area contributed by atoms with E-state index in [0.717, 1.165) is 11.3 Å². The normalized spacial score (nSPS) is 17.9. The van der Waals surface area contributed by atoms with E-state index in [2.05, 4.69) is 10.3 Å². The molecule has 2 aromatic heterocycles. The van der Waals surface area contributed by atoms with Gasteiger partial charge in [-0.1, -0.05) is 11.6 Å². The second-order valence-corrected chi connectivity index (χ2v) is 5.77. The van der Waals surface area contributed by atoms with Gasteiger partial charge >= 0.3 is 6.03 Å². The minimum Gasteiger partial charge on any atom is -0.369 e. The molecule has 8 heteroatoms. The minimum absolute atomic E-state index is 0.209. The number of likely N-dealkylation sites (tertiary alicyclic amines) is 1. The number of imidazole rings is 1. The summed E-state index contributed by atoms with van der Waals surface area (Å²) >= 11 is 5.92. The van der Waals surface area contributed by atoms with Gasteiger partial charge in [0.15, 0.2) is 0 Å². The van der Waals surface area contributed by atoms with E-state index in [9.17, 15) is 9.59 Å². The summed E-state index contributed by atoms with van der Waals surface area (Å²) in [5.41, 5.74) is 6.76. The van der Waals surface area contributed by atoms with Gasteiger partial charge in [0.05, 0.1) is 23.2 Å². The van der Waals surface area contributed by atoms with Crippen LogP contribution in [0.15, 0.2) is 24.5 Å². The number of nitrogens with one attached hydrogen (secondary N) is 1. The molecule has 0 bridgehead atoms. The molecule has 3 heterocycles. The Hall–Kier alpha value is -2.28. The van der Waals surface area contributed by atoms with E-state index in [1.165, 1.54) is 0 Å². The number of carbonyl (C=O) groups excluding carboxylic acids is 2. The topological polar surface area (TPSA) is 92.7 Å². The number of amides is 3. The summed E-state index contributed by atoms with van der Waals surface area (Å²) in [5.74, 6) is -0.601. The van der Waals surface area contributed by atoms with Gasteiger partial charge in [-0.15, -0.1) is 0 Å². The lowest BCUT2D eigenvalue weighted by Crippen LogP contribution is -2.39. The molecule has 0 aromatic carbocycles. The quantitative estimate of drug-likeness (QED) is 0.883. The van der Waals surface area contributed by atoms with Crippen LogP contribution in [0.25, 0.3) is 5.65 Å². The number of primary amides is 1. The van der Waals surface area contributed by atoms with Crippen LogP contribution in [0.5, 0.6) is 0 Å². The molecule has 1 unspecified atom stereocenters. The summed E-state index contributed by atoms with van der Waals surface area (Å²) in [5, 5.41) is 3.42. The van der Waals surface area contributed by atoms with Crippen LogP contribution in [0.4, 0.5) is 4.79 Å². The highest BCUT2D eigenvalue weighted by Crippen LogP contribution is 2.16. The zero-order valence-electron chi connectivity index (χ0n) is 11.8. The Bertz CT molecular complexity index is 729. The fraction of sp³-hybridized carbons (Fsp3) is 0.357. The first-order valence-corrected chi connectivity index (χ1v) is 7.36. The first-order valence-electron chi connectivity index (χ1n) is 6.98. The fourth-order valence-corrected chi connectivity index (χ4v) is 2.73. The van der Waals surface area contributed by atoms with Crippen molar-refractivity contribution < 1.29 is 9.59 Å². The van der Waals surface area contributed by atoms with Gasteiger partial charge in [0.2, 0.25) is 5.91 Å². The number of nitrogens with two attached hydrogens (primary N) is 1. The monoisotopic (exact) mass is 321 g/mol. The number of hydrogen-bond donors (Lipinski definition) is 2. The minimum atomic E-state index is -0.354. The maximum Gasteiger partial charge on any atom is 0.317 e. The third-order valence-electron chi connectivity index (χ3n) is 3.76. The van der Waals surface area contributed by atoms with Crippen molar-refractivity contribution in [1.82, 2.24) is 19.6 Å². The molecule has 1 aliphatic heterocycles. The van der Waals surface area contributed by atoms with Gasteiger partial charge in [-0.2, -0.15) is 0 Å². The Balaban J connectivity index is 1.59. The molecule has 1 atom stereocenters. The van der Waals surface area contributed by atoms with Crippen molar-refractivity contribution in [3.63, 3.8) is 0 Å². The summed E-state index contributed by atoms with van der Waals surface area (Å²) in [6, 6.07) is 3.37. The van der Waals surface area contributed by atoms with Crippen LogP contribution in [0.3, 0.4) is 0 Å². The molecule has 1 saturated heterocycles. The van der Waals surface area contributed by atoms with Crippen molar-refractivity contribution in [2.75, 3.05) is 13.1 Å². The van der Waals surface area contributed by atoms with Crippen LogP contribution in [0.1, 0.15) is 12.1 Å². The van der Waals surface area contributed by atoms with E-state index in [4.69, 9.17) is 17.3 Å². The predicted molar refractivity (Wildman–Crippen MR) is 81.3 cm³/mol. The molecule has 3 N–H and O–H groups in total.